The van der Waals surface area contributed by atoms with E-state index in [2.05, 4.69) is 0 Å². The molecule has 1 fully saturated rings. The van der Waals surface area contributed by atoms with E-state index in [4.69, 9.17) is 26.4 Å². The summed E-state index contributed by atoms with van der Waals surface area (Å²) in [6, 6.07) is 13.4. The van der Waals surface area contributed by atoms with Gasteiger partial charge in [-0.3, -0.25) is 9.69 Å². The first-order valence-electron chi connectivity index (χ1n) is 9.24. The lowest BCUT2D eigenvalue weighted by Crippen LogP contribution is -2.30. The van der Waals surface area contributed by atoms with Crippen LogP contribution in [0.2, 0.25) is 0 Å². The van der Waals surface area contributed by atoms with E-state index in [1.54, 1.807) is 19.1 Å². The largest absolute Gasteiger partial charge is 0.494 e. The van der Waals surface area contributed by atoms with Gasteiger partial charge in [-0.25, -0.2) is 0 Å². The zero-order valence-electron chi connectivity index (χ0n) is 16.6. The second-order valence-corrected chi connectivity index (χ2v) is 7.95. The average Bonchev–Trinajstić information content (AvgIpc) is 3.00. The topological polar surface area (TPSA) is 48.0 Å². The molecule has 0 spiro atoms. The van der Waals surface area contributed by atoms with Crippen molar-refractivity contribution >= 4 is 40.3 Å². The summed E-state index contributed by atoms with van der Waals surface area (Å²) < 4.78 is 16.6. The van der Waals surface area contributed by atoms with Gasteiger partial charge in [0.2, 0.25) is 0 Å². The minimum absolute atomic E-state index is 0.0608. The van der Waals surface area contributed by atoms with Crippen LogP contribution in [0.3, 0.4) is 0 Å². The van der Waals surface area contributed by atoms with Crippen LogP contribution in [-0.4, -0.2) is 42.5 Å². The first-order chi connectivity index (χ1) is 14.0. The number of rotatable bonds is 8. The highest BCUT2D eigenvalue weighted by atomic mass is 32.2. The number of carbonyl (C=O) groups excluding carboxylic acids is 1. The van der Waals surface area contributed by atoms with Crippen LogP contribution in [0.25, 0.3) is 6.08 Å². The highest BCUT2D eigenvalue weighted by molar-refractivity contribution is 8.26. The van der Waals surface area contributed by atoms with E-state index in [0.29, 0.717) is 40.3 Å². The number of amides is 1. The lowest BCUT2D eigenvalue weighted by molar-refractivity contribution is -0.122. The van der Waals surface area contributed by atoms with Crippen molar-refractivity contribution in [2.24, 2.45) is 0 Å². The van der Waals surface area contributed by atoms with Crippen molar-refractivity contribution in [2.75, 3.05) is 27.4 Å². The van der Waals surface area contributed by atoms with Gasteiger partial charge >= 0.3 is 0 Å². The minimum atomic E-state index is -0.0608. The molecule has 1 amide bonds. The van der Waals surface area contributed by atoms with Gasteiger partial charge < -0.3 is 14.2 Å². The Morgan fingerprint density at radius 3 is 2.45 bits per heavy atom. The Kier molecular flexibility index (Phi) is 7.17. The van der Waals surface area contributed by atoms with Gasteiger partial charge in [0.25, 0.3) is 5.91 Å². The van der Waals surface area contributed by atoms with Gasteiger partial charge in [0, 0.05) is 6.54 Å². The molecular weight excluding hydrogens is 406 g/mol. The van der Waals surface area contributed by atoms with E-state index in [1.165, 1.54) is 11.8 Å². The highest BCUT2D eigenvalue weighted by Gasteiger charge is 2.31. The van der Waals surface area contributed by atoms with Crippen molar-refractivity contribution < 1.29 is 19.0 Å². The van der Waals surface area contributed by atoms with Crippen LogP contribution >= 0.6 is 24.0 Å². The Bertz CT molecular complexity index is 925. The number of carbonyl (C=O) groups is 1. The molecule has 1 saturated heterocycles. The fourth-order valence-electron chi connectivity index (χ4n) is 2.95. The molecule has 0 saturated carbocycles. The zero-order valence-corrected chi connectivity index (χ0v) is 18.3. The first kappa shape index (κ1) is 21.2. The van der Waals surface area contributed by atoms with Crippen LogP contribution in [-0.2, 0) is 11.2 Å². The number of benzene rings is 2. The van der Waals surface area contributed by atoms with Gasteiger partial charge in [0.1, 0.15) is 10.1 Å². The third kappa shape index (κ3) is 5.10. The van der Waals surface area contributed by atoms with E-state index in [-0.39, 0.29) is 5.91 Å². The number of hydrogen-bond acceptors (Lipinski definition) is 6. The summed E-state index contributed by atoms with van der Waals surface area (Å²) in [6.45, 7) is 3.08. The molecule has 152 valence electrons. The predicted octanol–water partition coefficient (Wildman–Crippen LogP) is 4.55. The van der Waals surface area contributed by atoms with E-state index in [9.17, 15) is 4.79 Å². The maximum absolute atomic E-state index is 12.8. The third-order valence-corrected chi connectivity index (χ3v) is 5.81. The molecular formula is C22H23NO4S2. The normalized spacial score (nSPS) is 15.1. The maximum atomic E-state index is 12.8. The van der Waals surface area contributed by atoms with Gasteiger partial charge in [-0.15, -0.1) is 0 Å². The van der Waals surface area contributed by atoms with Crippen LogP contribution in [0.1, 0.15) is 18.1 Å². The second-order valence-electron chi connectivity index (χ2n) is 6.27. The molecule has 29 heavy (non-hydrogen) atoms. The Hall–Kier alpha value is -2.51. The summed E-state index contributed by atoms with van der Waals surface area (Å²) in [5.74, 6) is 2.10. The summed E-state index contributed by atoms with van der Waals surface area (Å²) >= 11 is 6.77. The van der Waals surface area contributed by atoms with Crippen LogP contribution in [0.15, 0.2) is 47.4 Å². The molecule has 1 aliphatic heterocycles. The molecule has 0 aromatic heterocycles. The van der Waals surface area contributed by atoms with Crippen molar-refractivity contribution in [3.8, 4) is 17.2 Å². The fourth-order valence-corrected chi connectivity index (χ4v) is 4.26. The molecule has 3 rings (SSSR count). The number of thioether (sulfide) groups is 1. The smallest absolute Gasteiger partial charge is 0.266 e. The maximum Gasteiger partial charge on any atom is 0.266 e. The average molecular weight is 430 g/mol. The number of hydrogen-bond donors (Lipinski definition) is 0. The quantitative estimate of drug-likeness (QED) is 0.453. The summed E-state index contributed by atoms with van der Waals surface area (Å²) in [6.07, 6.45) is 2.54. The monoisotopic (exact) mass is 429 g/mol. The fraction of sp³-hybridized carbons (Fsp3) is 0.273. The van der Waals surface area contributed by atoms with Crippen LogP contribution < -0.4 is 14.2 Å². The molecule has 0 bridgehead atoms. The molecule has 5 nitrogen and oxygen atoms in total. The molecule has 0 aliphatic carbocycles. The molecule has 0 N–H and O–H groups in total. The van der Waals surface area contributed by atoms with Gasteiger partial charge in [-0.05, 0) is 54.8 Å². The van der Waals surface area contributed by atoms with Crippen molar-refractivity contribution in [3.63, 3.8) is 0 Å². The van der Waals surface area contributed by atoms with Crippen molar-refractivity contribution in [2.45, 2.75) is 13.3 Å². The Labute approximate surface area is 180 Å². The number of methoxy groups -OCH3 is 2. The number of thiocarbonyl (C=S) groups is 1. The SMILES string of the molecule is CCOc1ccc(C=C2SC(=S)N(CCc3ccc(OC)c(OC)c3)C2=O)cc1. The van der Waals surface area contributed by atoms with Crippen molar-refractivity contribution in [1.29, 1.82) is 0 Å². The van der Waals surface area contributed by atoms with Gasteiger partial charge in [-0.2, -0.15) is 0 Å². The molecule has 1 aliphatic rings. The van der Waals surface area contributed by atoms with Gasteiger partial charge in [0.15, 0.2) is 11.5 Å². The Balaban J connectivity index is 1.67. The van der Waals surface area contributed by atoms with Gasteiger partial charge in [0.05, 0.1) is 25.7 Å². The number of ether oxygens (including phenoxy) is 3. The molecule has 0 atom stereocenters. The zero-order chi connectivity index (χ0) is 20.8. The van der Waals surface area contributed by atoms with E-state index >= 15 is 0 Å². The molecule has 2 aromatic rings. The second kappa shape index (κ2) is 9.80. The Morgan fingerprint density at radius 2 is 1.79 bits per heavy atom. The summed E-state index contributed by atoms with van der Waals surface area (Å²) in [5.41, 5.74) is 1.99. The van der Waals surface area contributed by atoms with E-state index < -0.39 is 0 Å². The standard InChI is InChI=1S/C22H23NO4S2/c1-4-27-17-8-5-15(6-9-17)14-20-21(24)23(22(28)29-20)12-11-16-7-10-18(25-2)19(13-16)26-3/h5-10,13-14H,4,11-12H2,1-3H3. The molecule has 1 heterocycles. The molecule has 0 unspecified atom stereocenters. The van der Waals surface area contributed by atoms with Crippen molar-refractivity contribution in [3.05, 3.63) is 58.5 Å². The molecule has 7 heteroatoms. The van der Waals surface area contributed by atoms with E-state index in [1.807, 2.05) is 55.5 Å². The lowest BCUT2D eigenvalue weighted by Gasteiger charge is -2.15. The van der Waals surface area contributed by atoms with Gasteiger partial charge in [-0.1, -0.05) is 42.2 Å². The minimum Gasteiger partial charge on any atom is -0.494 e. The summed E-state index contributed by atoms with van der Waals surface area (Å²) in [5, 5.41) is 0. The highest BCUT2D eigenvalue weighted by Crippen LogP contribution is 2.33. The van der Waals surface area contributed by atoms with Crippen LogP contribution in [0.5, 0.6) is 17.2 Å². The van der Waals surface area contributed by atoms with E-state index in [0.717, 1.165) is 16.9 Å². The number of nitrogens with zero attached hydrogens (tertiary/aromatic N) is 1. The summed E-state index contributed by atoms with van der Waals surface area (Å²) in [7, 11) is 3.21. The van der Waals surface area contributed by atoms with Crippen LogP contribution in [0, 0.1) is 0 Å². The lowest BCUT2D eigenvalue weighted by atomic mass is 10.1. The predicted molar refractivity (Wildman–Crippen MR) is 121 cm³/mol. The van der Waals surface area contributed by atoms with Crippen molar-refractivity contribution in [1.82, 2.24) is 4.90 Å². The van der Waals surface area contributed by atoms with Crippen LogP contribution in [0.4, 0.5) is 0 Å². The Morgan fingerprint density at radius 1 is 1.07 bits per heavy atom. The molecule has 0 radical (unpaired) electrons. The summed E-state index contributed by atoms with van der Waals surface area (Å²) in [4.78, 5) is 15.1. The molecule has 2 aromatic carbocycles. The third-order valence-electron chi connectivity index (χ3n) is 4.43. The first-order valence-corrected chi connectivity index (χ1v) is 10.5.